The molecule has 2 N–H and O–H groups in total. The van der Waals surface area contributed by atoms with Crippen molar-refractivity contribution in [3.8, 4) is 6.07 Å². The van der Waals surface area contributed by atoms with Crippen molar-refractivity contribution in [2.75, 3.05) is 12.9 Å². The number of ketones is 1. The van der Waals surface area contributed by atoms with Crippen LogP contribution >= 0.6 is 11.8 Å². The number of hydrogen-bond donors (Lipinski definition) is 1. The number of nitriles is 1. The average molecular weight is 291 g/mol. The van der Waals surface area contributed by atoms with Gasteiger partial charge in [0.25, 0.3) is 0 Å². The second-order valence-corrected chi connectivity index (χ2v) is 4.52. The number of Topliss-reactive ketones (excluding diaryl/α,β-unsaturated/α-hetero) is 1. The third-order valence-corrected chi connectivity index (χ3v) is 3.02. The van der Waals surface area contributed by atoms with Crippen LogP contribution in [-0.2, 0) is 9.53 Å². The van der Waals surface area contributed by atoms with Crippen molar-refractivity contribution >= 4 is 23.5 Å². The Morgan fingerprint density at radius 2 is 2.25 bits per heavy atom. The lowest BCUT2D eigenvalue weighted by molar-refractivity contribution is -0.118. The molecule has 1 aromatic rings. The molecule has 0 unspecified atom stereocenters. The largest absolute Gasteiger partial charge is 0.454 e. The van der Waals surface area contributed by atoms with E-state index in [0.717, 1.165) is 0 Å². The zero-order valence-electron chi connectivity index (χ0n) is 11.0. The number of rotatable bonds is 5. The normalized spacial score (nSPS) is 11.2. The van der Waals surface area contributed by atoms with E-state index in [-0.39, 0.29) is 16.8 Å². The number of carbonyl (C=O) groups excluding carboxylic acids is 2. The van der Waals surface area contributed by atoms with Crippen LogP contribution < -0.4 is 5.73 Å². The highest BCUT2D eigenvalue weighted by Crippen LogP contribution is 2.17. The van der Waals surface area contributed by atoms with E-state index >= 15 is 0 Å². The van der Waals surface area contributed by atoms with E-state index in [1.807, 2.05) is 0 Å². The number of aromatic nitrogens is 1. The lowest BCUT2D eigenvalue weighted by Gasteiger charge is -2.06. The molecule has 0 aliphatic carbocycles. The van der Waals surface area contributed by atoms with E-state index in [0.29, 0.717) is 5.03 Å². The number of nitrogens with zero attached hydrogens (tertiary/aromatic N) is 2. The van der Waals surface area contributed by atoms with Crippen LogP contribution in [0.15, 0.2) is 34.6 Å². The van der Waals surface area contributed by atoms with Gasteiger partial charge in [-0.3, -0.25) is 4.79 Å². The molecule has 20 heavy (non-hydrogen) atoms. The molecule has 0 amide bonds. The maximum atomic E-state index is 11.9. The van der Waals surface area contributed by atoms with Gasteiger partial charge >= 0.3 is 5.97 Å². The van der Waals surface area contributed by atoms with Crippen molar-refractivity contribution in [1.29, 1.82) is 5.26 Å². The van der Waals surface area contributed by atoms with Crippen molar-refractivity contribution in [3.05, 3.63) is 35.2 Å². The Morgan fingerprint density at radius 3 is 2.80 bits per heavy atom. The maximum Gasteiger partial charge on any atom is 0.341 e. The lowest BCUT2D eigenvalue weighted by Crippen LogP contribution is -2.18. The molecule has 6 nitrogen and oxygen atoms in total. The van der Waals surface area contributed by atoms with Crippen molar-refractivity contribution in [1.82, 2.24) is 4.98 Å². The number of allylic oxidation sites excluding steroid dienone is 1. The van der Waals surface area contributed by atoms with Crippen LogP contribution in [0.5, 0.6) is 0 Å². The second kappa shape index (κ2) is 7.31. The number of carbonyl (C=O) groups is 2. The maximum absolute atomic E-state index is 11.9. The first kappa shape index (κ1) is 15.7. The first-order chi connectivity index (χ1) is 9.51. The van der Waals surface area contributed by atoms with Crippen LogP contribution in [0.4, 0.5) is 0 Å². The van der Waals surface area contributed by atoms with Crippen LogP contribution in [0.25, 0.3) is 0 Å². The van der Waals surface area contributed by atoms with Gasteiger partial charge in [0.15, 0.2) is 6.61 Å². The van der Waals surface area contributed by atoms with Gasteiger partial charge in [0.1, 0.15) is 16.7 Å². The van der Waals surface area contributed by atoms with Crippen molar-refractivity contribution < 1.29 is 14.3 Å². The summed E-state index contributed by atoms with van der Waals surface area (Å²) in [6, 6.07) is 4.84. The summed E-state index contributed by atoms with van der Waals surface area (Å²) < 4.78 is 4.88. The standard InChI is InChI=1S/C13H13N3O3S/c1-8(15)10(6-14)11(17)7-19-13(18)9-4-3-5-16-12(9)20-2/h3-5H,7,15H2,1-2H3/b10-8-. The smallest absolute Gasteiger partial charge is 0.341 e. The van der Waals surface area contributed by atoms with Crippen LogP contribution in [0.1, 0.15) is 17.3 Å². The summed E-state index contributed by atoms with van der Waals surface area (Å²) in [4.78, 5) is 27.5. The SMILES string of the molecule is CSc1ncccc1C(=O)OCC(=O)/C(C#N)=C(/C)N. The minimum Gasteiger partial charge on any atom is -0.454 e. The number of ether oxygens (including phenoxy) is 1. The lowest BCUT2D eigenvalue weighted by atomic mass is 10.1. The van der Waals surface area contributed by atoms with Crippen molar-refractivity contribution in [2.45, 2.75) is 11.9 Å². The Kier molecular flexibility index (Phi) is 5.74. The molecule has 0 aromatic carbocycles. The van der Waals surface area contributed by atoms with E-state index < -0.39 is 18.4 Å². The fraction of sp³-hybridized carbons (Fsp3) is 0.231. The van der Waals surface area contributed by atoms with Gasteiger partial charge in [-0.2, -0.15) is 5.26 Å². The van der Waals surface area contributed by atoms with Gasteiger partial charge < -0.3 is 10.5 Å². The summed E-state index contributed by atoms with van der Waals surface area (Å²) in [7, 11) is 0. The Labute approximate surface area is 120 Å². The van der Waals surface area contributed by atoms with Gasteiger partial charge in [-0.15, -0.1) is 11.8 Å². The minimum atomic E-state index is -0.664. The summed E-state index contributed by atoms with van der Waals surface area (Å²) in [5.74, 6) is -1.29. The zero-order chi connectivity index (χ0) is 15.1. The van der Waals surface area contributed by atoms with E-state index in [1.54, 1.807) is 30.7 Å². The Morgan fingerprint density at radius 1 is 1.55 bits per heavy atom. The van der Waals surface area contributed by atoms with E-state index in [4.69, 9.17) is 15.7 Å². The predicted molar refractivity (Wildman–Crippen MR) is 73.8 cm³/mol. The van der Waals surface area contributed by atoms with E-state index in [1.165, 1.54) is 18.7 Å². The van der Waals surface area contributed by atoms with Gasteiger partial charge in [0.05, 0.1) is 5.56 Å². The molecular formula is C13H13N3O3S. The van der Waals surface area contributed by atoms with Crippen molar-refractivity contribution in [2.24, 2.45) is 5.73 Å². The molecule has 0 saturated carbocycles. The average Bonchev–Trinajstić information content (AvgIpc) is 2.45. The first-order valence-corrected chi connectivity index (χ1v) is 6.79. The number of thioether (sulfide) groups is 1. The Hall–Kier alpha value is -2.33. The minimum absolute atomic E-state index is 0.0970. The van der Waals surface area contributed by atoms with Crippen LogP contribution in [0.3, 0.4) is 0 Å². The van der Waals surface area contributed by atoms with Crippen molar-refractivity contribution in [3.63, 3.8) is 0 Å². The van der Waals surface area contributed by atoms with Crippen LogP contribution in [0.2, 0.25) is 0 Å². The summed E-state index contributed by atoms with van der Waals surface area (Å²) in [5, 5.41) is 9.28. The summed E-state index contributed by atoms with van der Waals surface area (Å²) in [5.41, 5.74) is 5.57. The molecule has 1 aromatic heterocycles. The highest BCUT2D eigenvalue weighted by atomic mass is 32.2. The molecule has 1 rings (SSSR count). The highest BCUT2D eigenvalue weighted by molar-refractivity contribution is 7.98. The molecule has 0 spiro atoms. The molecule has 1 heterocycles. The molecule has 0 radical (unpaired) electrons. The fourth-order valence-corrected chi connectivity index (χ4v) is 1.90. The second-order valence-electron chi connectivity index (χ2n) is 3.73. The quantitative estimate of drug-likeness (QED) is 0.377. The molecule has 104 valence electrons. The number of hydrogen-bond acceptors (Lipinski definition) is 7. The molecule has 0 atom stereocenters. The van der Waals surface area contributed by atoms with E-state index in [9.17, 15) is 9.59 Å². The van der Waals surface area contributed by atoms with Crippen LogP contribution in [-0.4, -0.2) is 29.6 Å². The van der Waals surface area contributed by atoms with E-state index in [2.05, 4.69) is 4.98 Å². The van der Waals surface area contributed by atoms with Gasteiger partial charge in [-0.05, 0) is 25.3 Å². The fourth-order valence-electron chi connectivity index (χ4n) is 1.36. The highest BCUT2D eigenvalue weighted by Gasteiger charge is 2.17. The zero-order valence-corrected chi connectivity index (χ0v) is 11.9. The number of pyridine rings is 1. The van der Waals surface area contributed by atoms with Gasteiger partial charge in [-0.1, -0.05) is 0 Å². The third-order valence-electron chi connectivity index (χ3n) is 2.30. The molecule has 0 aliphatic rings. The van der Waals surface area contributed by atoms with Crippen LogP contribution in [0, 0.1) is 11.3 Å². The van der Waals surface area contributed by atoms with Gasteiger partial charge in [0.2, 0.25) is 5.78 Å². The van der Waals surface area contributed by atoms with Gasteiger partial charge in [-0.25, -0.2) is 9.78 Å². The molecule has 0 bridgehead atoms. The monoisotopic (exact) mass is 291 g/mol. The Balaban J connectivity index is 2.77. The Bertz CT molecular complexity index is 601. The molecule has 0 aliphatic heterocycles. The third kappa shape index (κ3) is 3.83. The number of nitrogens with two attached hydrogens (primary N) is 1. The number of esters is 1. The first-order valence-electron chi connectivity index (χ1n) is 5.57. The summed E-state index contributed by atoms with van der Waals surface area (Å²) in [6.45, 7) is 0.907. The molecule has 7 heteroatoms. The summed E-state index contributed by atoms with van der Waals surface area (Å²) in [6.07, 6.45) is 3.33. The topological polar surface area (TPSA) is 106 Å². The molecule has 0 saturated heterocycles. The van der Waals surface area contributed by atoms with Gasteiger partial charge in [0, 0.05) is 11.9 Å². The summed E-state index contributed by atoms with van der Waals surface area (Å²) >= 11 is 1.30. The molecular weight excluding hydrogens is 278 g/mol. The molecule has 0 fully saturated rings. The predicted octanol–water partition coefficient (Wildman–Crippen LogP) is 1.29.